The van der Waals surface area contributed by atoms with Gasteiger partial charge in [-0.15, -0.1) is 0 Å². The second kappa shape index (κ2) is 6.65. The number of benzene rings is 2. The SMILES string of the molecule is COc1ccc(CNc2ccc(NC(C)=O)cc2)cc1O. The van der Waals surface area contributed by atoms with E-state index in [1.165, 1.54) is 14.0 Å². The fourth-order valence-electron chi connectivity index (χ4n) is 1.92. The first-order valence-corrected chi connectivity index (χ1v) is 6.56. The van der Waals surface area contributed by atoms with Gasteiger partial charge in [0.25, 0.3) is 0 Å². The van der Waals surface area contributed by atoms with Crippen molar-refractivity contribution >= 4 is 17.3 Å². The van der Waals surface area contributed by atoms with Crippen LogP contribution >= 0.6 is 0 Å². The number of amides is 1. The molecule has 0 unspecified atom stereocenters. The fourth-order valence-corrected chi connectivity index (χ4v) is 1.92. The fraction of sp³-hybridized carbons (Fsp3) is 0.188. The molecule has 3 N–H and O–H groups in total. The van der Waals surface area contributed by atoms with Crippen LogP contribution in [0.4, 0.5) is 11.4 Å². The highest BCUT2D eigenvalue weighted by atomic mass is 16.5. The van der Waals surface area contributed by atoms with Crippen LogP contribution in [-0.4, -0.2) is 18.1 Å². The Bertz CT molecular complexity index is 624. The number of phenols is 1. The Labute approximate surface area is 123 Å². The number of methoxy groups -OCH3 is 1. The zero-order chi connectivity index (χ0) is 15.2. The lowest BCUT2D eigenvalue weighted by atomic mass is 10.2. The maximum atomic E-state index is 10.9. The molecule has 0 radical (unpaired) electrons. The molecular weight excluding hydrogens is 268 g/mol. The molecule has 0 aliphatic carbocycles. The van der Waals surface area contributed by atoms with Crippen molar-refractivity contribution in [3.8, 4) is 11.5 Å². The minimum absolute atomic E-state index is 0.0931. The van der Waals surface area contributed by atoms with E-state index >= 15 is 0 Å². The Morgan fingerprint density at radius 3 is 2.38 bits per heavy atom. The average molecular weight is 286 g/mol. The maximum Gasteiger partial charge on any atom is 0.221 e. The van der Waals surface area contributed by atoms with E-state index < -0.39 is 0 Å². The quantitative estimate of drug-likeness (QED) is 0.790. The predicted octanol–water partition coefficient (Wildman–Crippen LogP) is 2.97. The number of aromatic hydroxyl groups is 1. The number of hydrogen-bond acceptors (Lipinski definition) is 4. The molecule has 2 rings (SSSR count). The first-order chi connectivity index (χ1) is 10.1. The van der Waals surface area contributed by atoms with Crippen molar-refractivity contribution < 1.29 is 14.6 Å². The molecule has 0 fully saturated rings. The van der Waals surface area contributed by atoms with Gasteiger partial charge in [-0.1, -0.05) is 6.07 Å². The molecule has 110 valence electrons. The van der Waals surface area contributed by atoms with Gasteiger partial charge in [-0.05, 0) is 42.0 Å². The summed E-state index contributed by atoms with van der Waals surface area (Å²) in [5.74, 6) is 0.487. The lowest BCUT2D eigenvalue weighted by Gasteiger charge is -2.09. The molecule has 0 aliphatic rings. The monoisotopic (exact) mass is 286 g/mol. The topological polar surface area (TPSA) is 70.6 Å². The van der Waals surface area contributed by atoms with Crippen molar-refractivity contribution in [2.24, 2.45) is 0 Å². The van der Waals surface area contributed by atoms with Crippen LogP contribution < -0.4 is 15.4 Å². The molecule has 0 saturated carbocycles. The van der Waals surface area contributed by atoms with Crippen LogP contribution in [0.15, 0.2) is 42.5 Å². The van der Waals surface area contributed by atoms with Crippen molar-refractivity contribution in [3.05, 3.63) is 48.0 Å². The Hall–Kier alpha value is -2.69. The van der Waals surface area contributed by atoms with Crippen LogP contribution in [-0.2, 0) is 11.3 Å². The van der Waals surface area contributed by atoms with Crippen molar-refractivity contribution in [1.29, 1.82) is 0 Å². The second-order valence-corrected chi connectivity index (χ2v) is 4.62. The van der Waals surface area contributed by atoms with E-state index in [-0.39, 0.29) is 11.7 Å². The predicted molar refractivity (Wildman–Crippen MR) is 82.7 cm³/mol. The standard InChI is InChI=1S/C16H18N2O3/c1-11(19)18-14-6-4-13(5-7-14)17-10-12-3-8-16(21-2)15(20)9-12/h3-9,17,20H,10H2,1-2H3,(H,18,19). The molecule has 0 spiro atoms. The van der Waals surface area contributed by atoms with Crippen LogP contribution in [0.1, 0.15) is 12.5 Å². The summed E-state index contributed by atoms with van der Waals surface area (Å²) in [5, 5.41) is 15.7. The third-order valence-corrected chi connectivity index (χ3v) is 2.95. The zero-order valence-corrected chi connectivity index (χ0v) is 12.0. The normalized spacial score (nSPS) is 10.0. The molecule has 2 aromatic carbocycles. The van der Waals surface area contributed by atoms with Crippen LogP contribution in [0.2, 0.25) is 0 Å². The Kier molecular flexibility index (Phi) is 4.66. The minimum Gasteiger partial charge on any atom is -0.504 e. The number of ether oxygens (including phenoxy) is 1. The van der Waals surface area contributed by atoms with E-state index in [1.54, 1.807) is 12.1 Å². The average Bonchev–Trinajstić information content (AvgIpc) is 2.46. The third-order valence-electron chi connectivity index (χ3n) is 2.95. The summed E-state index contributed by atoms with van der Waals surface area (Å²) in [4.78, 5) is 10.9. The maximum absolute atomic E-state index is 10.9. The van der Waals surface area contributed by atoms with Crippen LogP contribution in [0.5, 0.6) is 11.5 Å². The van der Waals surface area contributed by atoms with Crippen molar-refractivity contribution in [2.75, 3.05) is 17.7 Å². The summed E-state index contributed by atoms with van der Waals surface area (Å²) in [5.41, 5.74) is 2.63. The molecule has 0 saturated heterocycles. The lowest BCUT2D eigenvalue weighted by molar-refractivity contribution is -0.114. The molecule has 0 atom stereocenters. The molecule has 21 heavy (non-hydrogen) atoms. The largest absolute Gasteiger partial charge is 0.504 e. The number of anilines is 2. The van der Waals surface area contributed by atoms with E-state index in [2.05, 4.69) is 10.6 Å². The number of phenolic OH excluding ortho intramolecular Hbond substituents is 1. The Balaban J connectivity index is 1.96. The van der Waals surface area contributed by atoms with Gasteiger partial charge < -0.3 is 20.5 Å². The molecular formula is C16H18N2O3. The Morgan fingerprint density at radius 1 is 1.14 bits per heavy atom. The second-order valence-electron chi connectivity index (χ2n) is 4.62. The highest BCUT2D eigenvalue weighted by Crippen LogP contribution is 2.26. The van der Waals surface area contributed by atoms with Gasteiger partial charge in [-0.2, -0.15) is 0 Å². The summed E-state index contributed by atoms with van der Waals surface area (Å²) in [6.45, 7) is 2.05. The van der Waals surface area contributed by atoms with Crippen molar-refractivity contribution in [1.82, 2.24) is 0 Å². The van der Waals surface area contributed by atoms with Crippen LogP contribution in [0.25, 0.3) is 0 Å². The number of carbonyl (C=O) groups is 1. The molecule has 2 aromatic rings. The molecule has 0 aliphatic heterocycles. The van der Waals surface area contributed by atoms with Gasteiger partial charge in [0.1, 0.15) is 0 Å². The van der Waals surface area contributed by atoms with Gasteiger partial charge >= 0.3 is 0 Å². The van der Waals surface area contributed by atoms with Crippen LogP contribution in [0, 0.1) is 0 Å². The molecule has 0 aromatic heterocycles. The highest BCUT2D eigenvalue weighted by molar-refractivity contribution is 5.88. The van der Waals surface area contributed by atoms with Crippen molar-refractivity contribution in [2.45, 2.75) is 13.5 Å². The molecule has 0 heterocycles. The highest BCUT2D eigenvalue weighted by Gasteiger charge is 2.02. The smallest absolute Gasteiger partial charge is 0.221 e. The summed E-state index contributed by atoms with van der Waals surface area (Å²) in [7, 11) is 1.52. The zero-order valence-electron chi connectivity index (χ0n) is 12.0. The van der Waals surface area contributed by atoms with Crippen molar-refractivity contribution in [3.63, 3.8) is 0 Å². The number of nitrogens with one attached hydrogen (secondary N) is 2. The first-order valence-electron chi connectivity index (χ1n) is 6.56. The summed E-state index contributed by atoms with van der Waals surface area (Å²) in [6, 6.07) is 12.7. The van der Waals surface area contributed by atoms with Gasteiger partial charge in [0, 0.05) is 24.8 Å². The van der Waals surface area contributed by atoms with Gasteiger partial charge in [0.05, 0.1) is 7.11 Å². The number of rotatable bonds is 5. The number of hydrogen-bond donors (Lipinski definition) is 3. The minimum atomic E-state index is -0.0931. The summed E-state index contributed by atoms with van der Waals surface area (Å²) < 4.78 is 5.00. The summed E-state index contributed by atoms with van der Waals surface area (Å²) >= 11 is 0. The first kappa shape index (κ1) is 14.7. The lowest BCUT2D eigenvalue weighted by Crippen LogP contribution is -2.05. The molecule has 1 amide bonds. The summed E-state index contributed by atoms with van der Waals surface area (Å²) in [6.07, 6.45) is 0. The van der Waals surface area contributed by atoms with Gasteiger partial charge in [0.2, 0.25) is 5.91 Å². The van der Waals surface area contributed by atoms with E-state index in [9.17, 15) is 9.90 Å². The van der Waals surface area contributed by atoms with E-state index in [0.29, 0.717) is 12.3 Å². The van der Waals surface area contributed by atoms with Gasteiger partial charge in [-0.25, -0.2) is 0 Å². The van der Waals surface area contributed by atoms with E-state index in [0.717, 1.165) is 16.9 Å². The third kappa shape index (κ3) is 4.14. The Morgan fingerprint density at radius 2 is 1.81 bits per heavy atom. The number of carbonyl (C=O) groups excluding carboxylic acids is 1. The molecule has 5 heteroatoms. The van der Waals surface area contributed by atoms with Gasteiger partial charge in [0.15, 0.2) is 11.5 Å². The molecule has 0 bridgehead atoms. The van der Waals surface area contributed by atoms with Gasteiger partial charge in [-0.3, -0.25) is 4.79 Å². The van der Waals surface area contributed by atoms with E-state index in [4.69, 9.17) is 4.74 Å². The van der Waals surface area contributed by atoms with Crippen LogP contribution in [0.3, 0.4) is 0 Å². The van der Waals surface area contributed by atoms with E-state index in [1.807, 2.05) is 30.3 Å². The molecule has 5 nitrogen and oxygen atoms in total.